The monoisotopic (exact) mass is 351 g/mol. The maximum atomic E-state index is 12.1. The molecule has 0 aliphatic heterocycles. The van der Waals surface area contributed by atoms with Crippen molar-refractivity contribution in [3.05, 3.63) is 77.4 Å². The fourth-order valence-corrected chi connectivity index (χ4v) is 2.29. The topological polar surface area (TPSA) is 87.4 Å². The van der Waals surface area contributed by atoms with Crippen LogP contribution in [0.25, 0.3) is 0 Å². The van der Waals surface area contributed by atoms with Gasteiger partial charge in [-0.25, -0.2) is 4.98 Å². The third-order valence-corrected chi connectivity index (χ3v) is 3.58. The third-order valence-electron chi connectivity index (χ3n) is 3.58. The smallest absolute Gasteiger partial charge is 0.321 e. The van der Waals surface area contributed by atoms with Gasteiger partial charge in [0, 0.05) is 18.2 Å². The minimum absolute atomic E-state index is 0.00258. The van der Waals surface area contributed by atoms with Crippen LogP contribution in [0.4, 0.5) is 5.69 Å². The zero-order chi connectivity index (χ0) is 18.5. The molecule has 2 aromatic heterocycles. The van der Waals surface area contributed by atoms with Gasteiger partial charge in [-0.2, -0.15) is 4.73 Å². The first kappa shape index (κ1) is 17.2. The van der Waals surface area contributed by atoms with Crippen molar-refractivity contribution in [1.82, 2.24) is 4.98 Å². The molecule has 0 aliphatic rings. The predicted octanol–water partition coefficient (Wildman–Crippen LogP) is 3.08. The summed E-state index contributed by atoms with van der Waals surface area (Å²) in [6.45, 7) is 1.96. The molecule has 1 aromatic carbocycles. The lowest BCUT2D eigenvalue weighted by Gasteiger charge is -2.11. The highest BCUT2D eigenvalue weighted by Gasteiger charge is 2.15. The van der Waals surface area contributed by atoms with Gasteiger partial charge in [-0.15, -0.1) is 0 Å². The number of amides is 1. The van der Waals surface area contributed by atoms with E-state index in [2.05, 4.69) is 10.3 Å². The minimum atomic E-state index is -0.517. The van der Waals surface area contributed by atoms with E-state index >= 15 is 0 Å². The maximum Gasteiger partial charge on any atom is 0.321 e. The van der Waals surface area contributed by atoms with Crippen LogP contribution in [0.15, 0.2) is 60.9 Å². The number of hydrogen-bond donors (Lipinski definition) is 1. The number of nitrogens with one attached hydrogen (secondary N) is 1. The van der Waals surface area contributed by atoms with Gasteiger partial charge in [-0.3, -0.25) is 4.79 Å². The van der Waals surface area contributed by atoms with Gasteiger partial charge in [-0.05, 0) is 36.8 Å². The zero-order valence-electron chi connectivity index (χ0n) is 14.3. The second-order valence-electron chi connectivity index (χ2n) is 5.51. The molecular weight excluding hydrogens is 334 g/mol. The van der Waals surface area contributed by atoms with Crippen molar-refractivity contribution >= 4 is 11.6 Å². The van der Waals surface area contributed by atoms with Gasteiger partial charge >= 0.3 is 5.91 Å². The Labute approximate surface area is 150 Å². The number of hydrogen-bond acceptors (Lipinski definition) is 5. The van der Waals surface area contributed by atoms with Crippen molar-refractivity contribution in [3.8, 4) is 17.4 Å². The molecular formula is C19H17N3O4. The van der Waals surface area contributed by atoms with E-state index in [0.717, 1.165) is 5.56 Å². The molecule has 3 aromatic rings. The fraction of sp³-hybridized carbons (Fsp3) is 0.105. The molecule has 0 aliphatic carbocycles. The predicted molar refractivity (Wildman–Crippen MR) is 95.4 cm³/mol. The lowest BCUT2D eigenvalue weighted by atomic mass is 10.2. The van der Waals surface area contributed by atoms with Crippen molar-refractivity contribution in [2.45, 2.75) is 6.92 Å². The van der Waals surface area contributed by atoms with Crippen LogP contribution in [-0.4, -0.2) is 18.0 Å². The van der Waals surface area contributed by atoms with Gasteiger partial charge < -0.3 is 20.0 Å². The van der Waals surface area contributed by atoms with E-state index in [0.29, 0.717) is 27.8 Å². The first-order valence-corrected chi connectivity index (χ1v) is 7.85. The highest BCUT2D eigenvalue weighted by molar-refractivity contribution is 6.01. The van der Waals surface area contributed by atoms with Crippen LogP contribution < -0.4 is 19.5 Å². The Morgan fingerprint density at radius 1 is 1.15 bits per heavy atom. The van der Waals surface area contributed by atoms with Gasteiger partial charge in [0.15, 0.2) is 17.7 Å². The number of benzene rings is 1. The summed E-state index contributed by atoms with van der Waals surface area (Å²) in [6, 6.07) is 13.4. The van der Waals surface area contributed by atoms with E-state index in [1.54, 1.807) is 37.4 Å². The largest absolute Gasteiger partial charge is 0.618 e. The average molecular weight is 351 g/mol. The Hall–Kier alpha value is -3.61. The van der Waals surface area contributed by atoms with Crippen LogP contribution in [0.2, 0.25) is 0 Å². The molecule has 0 fully saturated rings. The molecule has 1 N–H and O–H groups in total. The molecule has 0 spiro atoms. The molecule has 26 heavy (non-hydrogen) atoms. The summed E-state index contributed by atoms with van der Waals surface area (Å²) in [5, 5.41) is 14.2. The quantitative estimate of drug-likeness (QED) is 0.564. The van der Waals surface area contributed by atoms with E-state index in [1.165, 1.54) is 18.5 Å². The van der Waals surface area contributed by atoms with Crippen LogP contribution in [0, 0.1) is 12.1 Å². The number of aromatic nitrogens is 2. The third kappa shape index (κ3) is 3.89. The van der Waals surface area contributed by atoms with E-state index in [1.807, 2.05) is 19.1 Å². The second kappa shape index (κ2) is 7.52. The summed E-state index contributed by atoms with van der Waals surface area (Å²) >= 11 is 0. The van der Waals surface area contributed by atoms with Crippen LogP contribution in [0.3, 0.4) is 0 Å². The number of ether oxygens (including phenoxy) is 2. The lowest BCUT2D eigenvalue weighted by Crippen LogP contribution is -2.36. The van der Waals surface area contributed by atoms with Gasteiger partial charge in [0.2, 0.25) is 5.88 Å². The van der Waals surface area contributed by atoms with Crippen LogP contribution in [0.1, 0.15) is 16.1 Å². The number of pyridine rings is 2. The van der Waals surface area contributed by atoms with Gasteiger partial charge in [0.05, 0.1) is 19.0 Å². The summed E-state index contributed by atoms with van der Waals surface area (Å²) in [7, 11) is 1.57. The highest BCUT2D eigenvalue weighted by atomic mass is 16.5. The van der Waals surface area contributed by atoms with Gasteiger partial charge in [0.25, 0.3) is 5.69 Å². The lowest BCUT2D eigenvalue weighted by molar-refractivity contribution is -0.607. The summed E-state index contributed by atoms with van der Waals surface area (Å²) in [4.78, 5) is 16.3. The van der Waals surface area contributed by atoms with E-state index in [-0.39, 0.29) is 5.69 Å². The Morgan fingerprint density at radius 2 is 2.00 bits per heavy atom. The maximum absolute atomic E-state index is 12.1. The van der Waals surface area contributed by atoms with Gasteiger partial charge in [0.1, 0.15) is 0 Å². The normalized spacial score (nSPS) is 10.2. The number of methoxy groups -OCH3 is 1. The average Bonchev–Trinajstić information content (AvgIpc) is 2.65. The first-order valence-electron chi connectivity index (χ1n) is 7.85. The SMILES string of the molecule is COc1cc(C)ccc1Oc1ccc(NC(=O)c2cccc[n+]2[O-])cn1. The fourth-order valence-electron chi connectivity index (χ4n) is 2.29. The summed E-state index contributed by atoms with van der Waals surface area (Å²) in [5.41, 5.74) is 1.50. The van der Waals surface area contributed by atoms with Crippen LogP contribution in [-0.2, 0) is 0 Å². The number of anilines is 1. The highest BCUT2D eigenvalue weighted by Crippen LogP contribution is 2.31. The Kier molecular flexibility index (Phi) is 4.98. The Morgan fingerprint density at radius 3 is 2.69 bits per heavy atom. The molecule has 0 saturated heterocycles. The first-order chi connectivity index (χ1) is 12.6. The van der Waals surface area contributed by atoms with Crippen molar-refractivity contribution in [1.29, 1.82) is 0 Å². The molecule has 0 unspecified atom stereocenters. The molecule has 0 saturated carbocycles. The van der Waals surface area contributed by atoms with E-state index < -0.39 is 5.91 Å². The van der Waals surface area contributed by atoms with Crippen LogP contribution in [0.5, 0.6) is 17.4 Å². The standard InChI is InChI=1S/C19H17N3O4/c1-13-6-8-16(17(11-13)25-2)26-18-9-7-14(12-20-18)21-19(23)15-5-3-4-10-22(15)24/h3-12H,1-2H3,(H,21,23). The van der Waals surface area contributed by atoms with Gasteiger partial charge in [-0.1, -0.05) is 6.07 Å². The van der Waals surface area contributed by atoms with Crippen molar-refractivity contribution < 1.29 is 19.0 Å². The Balaban J connectivity index is 1.71. The van der Waals surface area contributed by atoms with E-state index in [9.17, 15) is 10.0 Å². The number of carbonyl (C=O) groups is 1. The molecule has 7 heteroatoms. The zero-order valence-corrected chi connectivity index (χ0v) is 14.3. The number of carbonyl (C=O) groups excluding carboxylic acids is 1. The molecule has 3 rings (SSSR count). The Bertz CT molecular complexity index is 926. The number of aryl methyl sites for hydroxylation is 1. The van der Waals surface area contributed by atoms with Crippen LogP contribution >= 0.6 is 0 Å². The summed E-state index contributed by atoms with van der Waals surface area (Å²) < 4.78 is 11.5. The molecule has 0 atom stereocenters. The second-order valence-corrected chi connectivity index (χ2v) is 5.51. The molecule has 132 valence electrons. The van der Waals surface area contributed by atoms with Crippen molar-refractivity contribution in [2.75, 3.05) is 12.4 Å². The molecule has 2 heterocycles. The molecule has 0 radical (unpaired) electrons. The molecule has 7 nitrogen and oxygen atoms in total. The summed E-state index contributed by atoms with van der Waals surface area (Å²) in [5.74, 6) is 0.979. The van der Waals surface area contributed by atoms with Crippen molar-refractivity contribution in [3.63, 3.8) is 0 Å². The minimum Gasteiger partial charge on any atom is -0.618 e. The molecule has 1 amide bonds. The van der Waals surface area contributed by atoms with Crippen molar-refractivity contribution in [2.24, 2.45) is 0 Å². The summed E-state index contributed by atoms with van der Waals surface area (Å²) in [6.07, 6.45) is 2.71. The number of rotatable bonds is 5. The van der Waals surface area contributed by atoms with E-state index in [4.69, 9.17) is 9.47 Å². The number of nitrogens with zero attached hydrogens (tertiary/aromatic N) is 2. The molecule has 0 bridgehead atoms.